The van der Waals surface area contributed by atoms with Gasteiger partial charge in [-0.05, 0) is 83.3 Å². The number of piperidine rings is 2. The SMILES string of the molecule is CC1C(C2CC3CCN2[C@H]3C)CC2CCN1CC2. The summed E-state index contributed by atoms with van der Waals surface area (Å²) in [6.07, 6.45) is 7.47. The van der Waals surface area contributed by atoms with Crippen LogP contribution in [-0.4, -0.2) is 47.6 Å². The van der Waals surface area contributed by atoms with Gasteiger partial charge in [-0.2, -0.15) is 0 Å². The van der Waals surface area contributed by atoms with Crippen molar-refractivity contribution in [3.05, 3.63) is 0 Å². The first-order valence-electron chi connectivity index (χ1n) is 8.24. The van der Waals surface area contributed by atoms with E-state index >= 15 is 0 Å². The van der Waals surface area contributed by atoms with E-state index in [9.17, 15) is 0 Å². The lowest BCUT2D eigenvalue weighted by atomic mass is 9.81. The highest BCUT2D eigenvalue weighted by Crippen LogP contribution is 2.46. The maximum atomic E-state index is 2.87. The van der Waals surface area contributed by atoms with Gasteiger partial charge in [0.1, 0.15) is 0 Å². The summed E-state index contributed by atoms with van der Waals surface area (Å²) in [6, 6.07) is 2.65. The fourth-order valence-corrected chi connectivity index (χ4v) is 5.61. The van der Waals surface area contributed by atoms with Crippen LogP contribution in [0, 0.1) is 17.8 Å². The molecule has 18 heavy (non-hydrogen) atoms. The van der Waals surface area contributed by atoms with Gasteiger partial charge >= 0.3 is 0 Å². The average molecular weight is 248 g/mol. The first kappa shape index (κ1) is 11.7. The van der Waals surface area contributed by atoms with Gasteiger partial charge < -0.3 is 4.90 Å². The smallest absolute Gasteiger partial charge is 0.0145 e. The number of fused-ring (bicyclic) bond motifs is 6. The van der Waals surface area contributed by atoms with Crippen LogP contribution in [0.15, 0.2) is 0 Å². The summed E-state index contributed by atoms with van der Waals surface area (Å²) in [7, 11) is 0. The molecule has 5 aliphatic heterocycles. The molecular weight excluding hydrogens is 220 g/mol. The van der Waals surface area contributed by atoms with Crippen molar-refractivity contribution in [2.45, 2.75) is 64.1 Å². The molecular formula is C16H28N2. The van der Waals surface area contributed by atoms with Crippen molar-refractivity contribution in [2.24, 2.45) is 17.8 Å². The first-order chi connectivity index (χ1) is 8.74. The van der Waals surface area contributed by atoms with E-state index in [0.717, 1.165) is 35.9 Å². The summed E-state index contributed by atoms with van der Waals surface area (Å²) in [5.41, 5.74) is 0. The molecule has 0 spiro atoms. The molecule has 0 aromatic rings. The van der Waals surface area contributed by atoms with E-state index in [1.165, 1.54) is 51.7 Å². The van der Waals surface area contributed by atoms with Crippen molar-refractivity contribution in [1.29, 1.82) is 0 Å². The van der Waals surface area contributed by atoms with Crippen LogP contribution >= 0.6 is 0 Å². The predicted molar refractivity (Wildman–Crippen MR) is 74.5 cm³/mol. The lowest BCUT2D eigenvalue weighted by Crippen LogP contribution is -2.47. The van der Waals surface area contributed by atoms with E-state index in [0.29, 0.717) is 0 Å². The van der Waals surface area contributed by atoms with Gasteiger partial charge in [-0.3, -0.25) is 4.90 Å². The molecule has 5 heterocycles. The van der Waals surface area contributed by atoms with Gasteiger partial charge in [-0.25, -0.2) is 0 Å². The standard InChI is InChI=1S/C16H28N2/c1-11-14-5-8-18(11)16(10-14)15-9-13-3-6-17(7-4-13)12(15)2/h11-16H,3-10H2,1-2H3/t11-,12?,14?,15?,16?/m0/s1. The Bertz CT molecular complexity index is 321. The van der Waals surface area contributed by atoms with Crippen LogP contribution in [0.25, 0.3) is 0 Å². The Kier molecular flexibility index (Phi) is 2.74. The molecule has 0 aromatic heterocycles. The van der Waals surface area contributed by atoms with Gasteiger partial charge in [0.15, 0.2) is 0 Å². The Balaban J connectivity index is 1.57. The zero-order chi connectivity index (χ0) is 12.3. The van der Waals surface area contributed by atoms with E-state index in [1.54, 1.807) is 0 Å². The Morgan fingerprint density at radius 3 is 2.22 bits per heavy atom. The Hall–Kier alpha value is -0.0800. The molecule has 0 radical (unpaired) electrons. The van der Waals surface area contributed by atoms with Gasteiger partial charge in [-0.1, -0.05) is 0 Å². The lowest BCUT2D eigenvalue weighted by Gasteiger charge is -2.39. The van der Waals surface area contributed by atoms with Crippen molar-refractivity contribution in [2.75, 3.05) is 19.6 Å². The molecule has 5 saturated heterocycles. The molecule has 0 amide bonds. The molecule has 102 valence electrons. The maximum Gasteiger partial charge on any atom is 0.0145 e. The van der Waals surface area contributed by atoms with Crippen LogP contribution < -0.4 is 0 Å². The number of nitrogens with zero attached hydrogens (tertiary/aromatic N) is 2. The van der Waals surface area contributed by atoms with E-state index in [1.807, 2.05) is 0 Å². The minimum atomic E-state index is 0.842. The summed E-state index contributed by atoms with van der Waals surface area (Å²) in [6.45, 7) is 9.16. The predicted octanol–water partition coefficient (Wildman–Crippen LogP) is 2.59. The van der Waals surface area contributed by atoms with Crippen molar-refractivity contribution in [3.63, 3.8) is 0 Å². The quantitative estimate of drug-likeness (QED) is 0.704. The Morgan fingerprint density at radius 1 is 0.833 bits per heavy atom. The number of rotatable bonds is 1. The van der Waals surface area contributed by atoms with Crippen LogP contribution in [0.4, 0.5) is 0 Å². The van der Waals surface area contributed by atoms with Gasteiger partial charge in [0.25, 0.3) is 0 Å². The zero-order valence-corrected chi connectivity index (χ0v) is 12.0. The van der Waals surface area contributed by atoms with E-state index in [-0.39, 0.29) is 0 Å². The molecule has 2 nitrogen and oxygen atoms in total. The second-order valence-electron chi connectivity index (χ2n) is 7.45. The van der Waals surface area contributed by atoms with Gasteiger partial charge in [-0.15, -0.1) is 0 Å². The van der Waals surface area contributed by atoms with Gasteiger partial charge in [0.05, 0.1) is 0 Å². The van der Waals surface area contributed by atoms with E-state index in [2.05, 4.69) is 23.6 Å². The minimum Gasteiger partial charge on any atom is -0.300 e. The summed E-state index contributed by atoms with van der Waals surface area (Å²) in [4.78, 5) is 5.67. The zero-order valence-electron chi connectivity index (χ0n) is 12.0. The molecule has 2 heteroatoms. The maximum absolute atomic E-state index is 2.87. The van der Waals surface area contributed by atoms with Crippen molar-refractivity contribution in [1.82, 2.24) is 9.80 Å². The van der Waals surface area contributed by atoms with Crippen LogP contribution in [0.2, 0.25) is 0 Å². The molecule has 0 aliphatic carbocycles. The molecule has 0 aromatic carbocycles. The van der Waals surface area contributed by atoms with Crippen LogP contribution in [-0.2, 0) is 0 Å². The van der Waals surface area contributed by atoms with Gasteiger partial charge in [0, 0.05) is 18.1 Å². The van der Waals surface area contributed by atoms with Crippen molar-refractivity contribution < 1.29 is 0 Å². The molecule has 5 fully saturated rings. The molecule has 0 N–H and O–H groups in total. The summed E-state index contributed by atoms with van der Waals surface area (Å²) >= 11 is 0. The second kappa shape index (κ2) is 4.21. The lowest BCUT2D eigenvalue weighted by molar-refractivity contribution is 0.0958. The summed E-state index contributed by atoms with van der Waals surface area (Å²) < 4.78 is 0. The topological polar surface area (TPSA) is 6.48 Å². The highest BCUT2D eigenvalue weighted by Gasteiger charge is 2.49. The fourth-order valence-electron chi connectivity index (χ4n) is 5.61. The monoisotopic (exact) mass is 248 g/mol. The number of hydrogen-bond acceptors (Lipinski definition) is 2. The second-order valence-corrected chi connectivity index (χ2v) is 7.45. The van der Waals surface area contributed by atoms with Crippen molar-refractivity contribution in [3.8, 4) is 0 Å². The van der Waals surface area contributed by atoms with Crippen molar-refractivity contribution >= 4 is 0 Å². The summed E-state index contributed by atoms with van der Waals surface area (Å²) in [5, 5.41) is 0. The Labute approximate surface area is 112 Å². The molecule has 5 unspecified atom stereocenters. The fraction of sp³-hybridized carbons (Fsp3) is 1.00. The van der Waals surface area contributed by atoms with E-state index < -0.39 is 0 Å². The summed E-state index contributed by atoms with van der Waals surface area (Å²) in [5.74, 6) is 3.04. The highest BCUT2D eigenvalue weighted by atomic mass is 15.3. The third-order valence-corrected chi connectivity index (χ3v) is 6.88. The average Bonchev–Trinajstić information content (AvgIpc) is 2.79. The van der Waals surface area contributed by atoms with E-state index in [4.69, 9.17) is 0 Å². The minimum absolute atomic E-state index is 0.842. The van der Waals surface area contributed by atoms with Crippen LogP contribution in [0.5, 0.6) is 0 Å². The first-order valence-corrected chi connectivity index (χ1v) is 8.24. The largest absolute Gasteiger partial charge is 0.300 e. The molecule has 5 rings (SSSR count). The highest BCUT2D eigenvalue weighted by molar-refractivity contribution is 5.03. The van der Waals surface area contributed by atoms with Gasteiger partial charge in [0.2, 0.25) is 0 Å². The Morgan fingerprint density at radius 2 is 1.61 bits per heavy atom. The molecule has 5 aliphatic rings. The third-order valence-electron chi connectivity index (χ3n) is 6.88. The molecule has 6 atom stereocenters. The van der Waals surface area contributed by atoms with Crippen LogP contribution in [0.3, 0.4) is 0 Å². The number of hydrogen-bond donors (Lipinski definition) is 0. The molecule has 0 saturated carbocycles. The normalized spacial score (nSPS) is 59.0. The third kappa shape index (κ3) is 1.61. The molecule has 4 bridgehead atoms. The van der Waals surface area contributed by atoms with Crippen LogP contribution in [0.1, 0.15) is 46.0 Å².